The molecule has 0 aliphatic carbocycles. The minimum atomic E-state index is -1.13. The van der Waals surface area contributed by atoms with Gasteiger partial charge in [-0.15, -0.1) is 0 Å². The van der Waals surface area contributed by atoms with E-state index in [4.69, 9.17) is 10.8 Å². The third-order valence-electron chi connectivity index (χ3n) is 1.71. The number of hydrogen-bond donors (Lipinski definition) is 4. The van der Waals surface area contributed by atoms with Crippen molar-refractivity contribution in [2.24, 2.45) is 5.73 Å². The molecule has 92 valence electrons. The topological polar surface area (TPSA) is 122 Å². The predicted octanol–water partition coefficient (Wildman–Crippen LogP) is -1.57. The van der Waals surface area contributed by atoms with Crippen molar-refractivity contribution in [2.45, 2.75) is 25.8 Å². The van der Waals surface area contributed by atoms with Crippen molar-refractivity contribution in [3.8, 4) is 0 Å². The highest BCUT2D eigenvalue weighted by atomic mass is 16.4. The number of carbonyl (C=O) groups excluding carboxylic acids is 2. The summed E-state index contributed by atoms with van der Waals surface area (Å²) < 4.78 is 0. The predicted molar refractivity (Wildman–Crippen MR) is 56.5 cm³/mol. The number of carbonyl (C=O) groups is 3. The standard InChI is InChI=1S/C9H17N3O4/c1-6(10)2-3-7(13)11-4-8(14)12-5-9(15)16/h6H,2-5,10H2,1H3,(H,11,13)(H,12,14)(H,15,16). The van der Waals surface area contributed by atoms with Gasteiger partial charge in [-0.1, -0.05) is 0 Å². The molecule has 0 aliphatic rings. The Hall–Kier alpha value is -1.63. The summed E-state index contributed by atoms with van der Waals surface area (Å²) in [4.78, 5) is 32.2. The van der Waals surface area contributed by atoms with Crippen LogP contribution in [0.5, 0.6) is 0 Å². The van der Waals surface area contributed by atoms with Crippen LogP contribution in [0, 0.1) is 0 Å². The summed E-state index contributed by atoms with van der Waals surface area (Å²) in [6.07, 6.45) is 0.798. The van der Waals surface area contributed by atoms with E-state index in [9.17, 15) is 14.4 Å². The molecule has 0 heterocycles. The molecule has 0 aliphatic heterocycles. The summed E-state index contributed by atoms with van der Waals surface area (Å²) in [5.74, 6) is -1.93. The van der Waals surface area contributed by atoms with E-state index in [2.05, 4.69) is 10.6 Å². The number of hydrogen-bond acceptors (Lipinski definition) is 4. The largest absolute Gasteiger partial charge is 0.480 e. The zero-order valence-electron chi connectivity index (χ0n) is 9.16. The monoisotopic (exact) mass is 231 g/mol. The zero-order valence-corrected chi connectivity index (χ0v) is 9.16. The van der Waals surface area contributed by atoms with Gasteiger partial charge in [0, 0.05) is 12.5 Å². The Kier molecular flexibility index (Phi) is 6.86. The lowest BCUT2D eigenvalue weighted by molar-refractivity contribution is -0.137. The van der Waals surface area contributed by atoms with Crippen LogP contribution in [0.15, 0.2) is 0 Å². The Morgan fingerprint density at radius 3 is 2.25 bits per heavy atom. The number of nitrogens with two attached hydrogens (primary N) is 1. The maximum atomic E-state index is 11.1. The van der Waals surface area contributed by atoms with Gasteiger partial charge in [0.1, 0.15) is 6.54 Å². The molecule has 1 unspecified atom stereocenters. The molecule has 0 saturated carbocycles. The van der Waals surface area contributed by atoms with Gasteiger partial charge in [-0.05, 0) is 13.3 Å². The minimum Gasteiger partial charge on any atom is -0.480 e. The zero-order chi connectivity index (χ0) is 12.6. The molecular formula is C9H17N3O4. The normalized spacial score (nSPS) is 11.6. The van der Waals surface area contributed by atoms with Gasteiger partial charge in [0.05, 0.1) is 6.54 Å². The summed E-state index contributed by atoms with van der Waals surface area (Å²) in [5, 5.41) is 12.8. The summed E-state index contributed by atoms with van der Waals surface area (Å²) in [6.45, 7) is 1.12. The minimum absolute atomic E-state index is 0.0633. The van der Waals surface area contributed by atoms with E-state index >= 15 is 0 Å². The van der Waals surface area contributed by atoms with Gasteiger partial charge in [0.2, 0.25) is 11.8 Å². The van der Waals surface area contributed by atoms with E-state index in [-0.39, 0.29) is 24.9 Å². The number of rotatable bonds is 7. The molecule has 0 fully saturated rings. The van der Waals surface area contributed by atoms with Crippen LogP contribution in [0.3, 0.4) is 0 Å². The van der Waals surface area contributed by atoms with Crippen LogP contribution in [-0.2, 0) is 14.4 Å². The third-order valence-corrected chi connectivity index (χ3v) is 1.71. The SMILES string of the molecule is CC(N)CCC(=O)NCC(=O)NCC(=O)O. The van der Waals surface area contributed by atoms with Gasteiger partial charge in [-0.2, -0.15) is 0 Å². The highest BCUT2D eigenvalue weighted by Gasteiger charge is 2.07. The molecule has 1 atom stereocenters. The van der Waals surface area contributed by atoms with Crippen molar-refractivity contribution in [1.82, 2.24) is 10.6 Å². The molecule has 0 aromatic carbocycles. The fraction of sp³-hybridized carbons (Fsp3) is 0.667. The van der Waals surface area contributed by atoms with Gasteiger partial charge in [0.15, 0.2) is 0 Å². The fourth-order valence-electron chi connectivity index (χ4n) is 0.863. The van der Waals surface area contributed by atoms with Crippen LogP contribution in [0.4, 0.5) is 0 Å². The van der Waals surface area contributed by atoms with Gasteiger partial charge in [0.25, 0.3) is 0 Å². The van der Waals surface area contributed by atoms with Crippen molar-refractivity contribution in [3.63, 3.8) is 0 Å². The second-order valence-corrected chi connectivity index (χ2v) is 3.46. The first-order chi connectivity index (χ1) is 7.41. The van der Waals surface area contributed by atoms with E-state index in [1.54, 1.807) is 6.92 Å². The van der Waals surface area contributed by atoms with Crippen molar-refractivity contribution in [2.75, 3.05) is 13.1 Å². The number of amides is 2. The van der Waals surface area contributed by atoms with Crippen molar-refractivity contribution in [1.29, 1.82) is 0 Å². The Morgan fingerprint density at radius 2 is 1.75 bits per heavy atom. The number of carboxylic acids is 1. The van der Waals surface area contributed by atoms with Crippen molar-refractivity contribution < 1.29 is 19.5 Å². The molecule has 5 N–H and O–H groups in total. The molecule has 0 aromatic heterocycles. The molecule has 0 saturated heterocycles. The Labute approximate surface area is 93.4 Å². The van der Waals surface area contributed by atoms with Gasteiger partial charge in [-0.3, -0.25) is 14.4 Å². The summed E-state index contributed by atoms with van der Waals surface area (Å²) in [6, 6.07) is -0.0633. The Balaban J connectivity index is 3.59. The Morgan fingerprint density at radius 1 is 1.19 bits per heavy atom. The lowest BCUT2D eigenvalue weighted by Gasteiger charge is -2.06. The molecule has 0 spiro atoms. The molecule has 0 aromatic rings. The number of aliphatic carboxylic acids is 1. The lowest BCUT2D eigenvalue weighted by Crippen LogP contribution is -2.39. The summed E-state index contributed by atoms with van der Waals surface area (Å²) in [5.41, 5.74) is 5.45. The van der Waals surface area contributed by atoms with Gasteiger partial charge >= 0.3 is 5.97 Å². The Bertz CT molecular complexity index is 265. The lowest BCUT2D eigenvalue weighted by atomic mass is 10.2. The third kappa shape index (κ3) is 8.95. The second kappa shape index (κ2) is 7.63. The molecule has 16 heavy (non-hydrogen) atoms. The highest BCUT2D eigenvalue weighted by Crippen LogP contribution is 1.92. The summed E-state index contributed by atoms with van der Waals surface area (Å²) in [7, 11) is 0. The number of carboxylic acid groups (broad SMARTS) is 1. The van der Waals surface area contributed by atoms with Crippen molar-refractivity contribution in [3.05, 3.63) is 0 Å². The smallest absolute Gasteiger partial charge is 0.322 e. The van der Waals surface area contributed by atoms with E-state index in [1.807, 2.05) is 0 Å². The molecular weight excluding hydrogens is 214 g/mol. The molecule has 7 heteroatoms. The van der Waals surface area contributed by atoms with Gasteiger partial charge < -0.3 is 21.5 Å². The highest BCUT2D eigenvalue weighted by molar-refractivity contribution is 5.86. The maximum Gasteiger partial charge on any atom is 0.322 e. The maximum absolute atomic E-state index is 11.1. The van der Waals surface area contributed by atoms with Crippen molar-refractivity contribution >= 4 is 17.8 Å². The summed E-state index contributed by atoms with van der Waals surface area (Å²) >= 11 is 0. The van der Waals surface area contributed by atoms with Crippen LogP contribution in [-0.4, -0.2) is 42.0 Å². The van der Waals surface area contributed by atoms with Crippen LogP contribution in [0.25, 0.3) is 0 Å². The van der Waals surface area contributed by atoms with E-state index in [1.165, 1.54) is 0 Å². The van der Waals surface area contributed by atoms with Crippen LogP contribution < -0.4 is 16.4 Å². The van der Waals surface area contributed by atoms with E-state index < -0.39 is 18.4 Å². The second-order valence-electron chi connectivity index (χ2n) is 3.46. The number of nitrogens with one attached hydrogen (secondary N) is 2. The van der Waals surface area contributed by atoms with Crippen LogP contribution in [0.2, 0.25) is 0 Å². The van der Waals surface area contributed by atoms with E-state index in [0.29, 0.717) is 6.42 Å². The molecule has 2 amide bonds. The quantitative estimate of drug-likeness (QED) is 0.422. The van der Waals surface area contributed by atoms with E-state index in [0.717, 1.165) is 0 Å². The van der Waals surface area contributed by atoms with Crippen LogP contribution in [0.1, 0.15) is 19.8 Å². The average Bonchev–Trinajstić information content (AvgIpc) is 2.20. The van der Waals surface area contributed by atoms with Gasteiger partial charge in [-0.25, -0.2) is 0 Å². The first kappa shape index (κ1) is 14.4. The first-order valence-electron chi connectivity index (χ1n) is 4.92. The van der Waals surface area contributed by atoms with Crippen LogP contribution >= 0.6 is 0 Å². The fourth-order valence-corrected chi connectivity index (χ4v) is 0.863. The molecule has 0 rings (SSSR count). The first-order valence-corrected chi connectivity index (χ1v) is 4.92. The molecule has 7 nitrogen and oxygen atoms in total. The average molecular weight is 231 g/mol. The molecule has 0 bridgehead atoms. The molecule has 0 radical (unpaired) electrons.